The Labute approximate surface area is 151 Å². The van der Waals surface area contributed by atoms with Gasteiger partial charge in [-0.3, -0.25) is 4.79 Å². The van der Waals surface area contributed by atoms with Crippen LogP contribution >= 0.6 is 0 Å². The van der Waals surface area contributed by atoms with Crippen molar-refractivity contribution in [2.24, 2.45) is 0 Å². The Morgan fingerprint density at radius 3 is 1.42 bits per heavy atom. The normalized spacial score (nSPS) is 22.3. The zero-order valence-electron chi connectivity index (χ0n) is 14.6. The average molecular weight is 358 g/mol. The Morgan fingerprint density at radius 1 is 0.731 bits per heavy atom. The van der Waals surface area contributed by atoms with Crippen molar-refractivity contribution in [1.29, 1.82) is 0 Å². The van der Waals surface area contributed by atoms with Crippen molar-refractivity contribution >= 4 is 5.78 Å². The van der Waals surface area contributed by atoms with E-state index >= 15 is 0 Å². The number of benzene rings is 2. The van der Waals surface area contributed by atoms with E-state index in [1.54, 1.807) is 0 Å². The van der Waals surface area contributed by atoms with Gasteiger partial charge >= 0.3 is 0 Å². The number of aryl methyl sites for hydroxylation is 2. The summed E-state index contributed by atoms with van der Waals surface area (Å²) >= 11 is 0. The molecule has 1 aliphatic rings. The summed E-state index contributed by atoms with van der Waals surface area (Å²) in [5.74, 6) is -2.80. The topological polar surface area (TPSA) is 118 Å². The summed E-state index contributed by atoms with van der Waals surface area (Å²) in [5.41, 5.74) is 1.67. The van der Waals surface area contributed by atoms with Crippen LogP contribution in [-0.4, -0.2) is 37.4 Å². The highest BCUT2D eigenvalue weighted by atomic mass is 16.3. The lowest BCUT2D eigenvalue weighted by Gasteiger charge is -2.40. The van der Waals surface area contributed by atoms with Crippen molar-refractivity contribution in [3.05, 3.63) is 46.5 Å². The molecule has 0 heterocycles. The van der Waals surface area contributed by atoms with E-state index in [9.17, 15) is 30.3 Å². The lowest BCUT2D eigenvalue weighted by Crippen LogP contribution is -2.48. The Bertz CT molecular complexity index is 804. The number of ketones is 1. The number of carbonyl (C=O) groups is 1. The fourth-order valence-corrected chi connectivity index (χ4v) is 3.63. The van der Waals surface area contributed by atoms with Crippen LogP contribution in [0.15, 0.2) is 24.3 Å². The van der Waals surface area contributed by atoms with Gasteiger partial charge in [-0.2, -0.15) is 0 Å². The van der Waals surface area contributed by atoms with Crippen LogP contribution in [0.3, 0.4) is 0 Å². The SMILES string of the molecule is CCc1cc(C2C(=O)C(c3cc(CC)c(O)cc3O)C2O)c(O)cc1O. The van der Waals surface area contributed by atoms with Crippen molar-refractivity contribution in [3.63, 3.8) is 0 Å². The lowest BCUT2D eigenvalue weighted by molar-refractivity contribution is -0.137. The molecule has 0 saturated heterocycles. The molecule has 2 unspecified atom stereocenters. The fourth-order valence-electron chi connectivity index (χ4n) is 3.63. The van der Waals surface area contributed by atoms with E-state index in [4.69, 9.17) is 0 Å². The third kappa shape index (κ3) is 2.66. The summed E-state index contributed by atoms with van der Waals surface area (Å²) in [5, 5.41) is 50.4. The summed E-state index contributed by atoms with van der Waals surface area (Å²) in [7, 11) is 0. The van der Waals surface area contributed by atoms with E-state index in [0.29, 0.717) is 24.0 Å². The minimum atomic E-state index is -1.12. The number of hydrogen-bond donors (Lipinski definition) is 5. The summed E-state index contributed by atoms with van der Waals surface area (Å²) in [6.45, 7) is 3.66. The van der Waals surface area contributed by atoms with Gasteiger partial charge in [0.2, 0.25) is 0 Å². The highest BCUT2D eigenvalue weighted by molar-refractivity contribution is 6.00. The monoisotopic (exact) mass is 358 g/mol. The first-order valence-electron chi connectivity index (χ1n) is 8.61. The Hall–Kier alpha value is -2.73. The molecule has 2 atom stereocenters. The molecular formula is C20H22O6. The van der Waals surface area contributed by atoms with Crippen LogP contribution in [0.4, 0.5) is 0 Å². The number of rotatable bonds is 4. The van der Waals surface area contributed by atoms with Gasteiger partial charge in [-0.25, -0.2) is 0 Å². The number of aliphatic hydroxyl groups is 1. The highest BCUT2D eigenvalue weighted by Crippen LogP contribution is 2.50. The van der Waals surface area contributed by atoms with Crippen molar-refractivity contribution in [3.8, 4) is 23.0 Å². The van der Waals surface area contributed by atoms with Gasteiger partial charge in [0.25, 0.3) is 0 Å². The van der Waals surface area contributed by atoms with E-state index < -0.39 is 17.9 Å². The third-order valence-electron chi connectivity index (χ3n) is 5.18. The van der Waals surface area contributed by atoms with Crippen LogP contribution in [-0.2, 0) is 17.6 Å². The van der Waals surface area contributed by atoms with Gasteiger partial charge < -0.3 is 25.5 Å². The first kappa shape index (κ1) is 18.1. The minimum Gasteiger partial charge on any atom is -0.508 e. The van der Waals surface area contributed by atoms with Crippen LogP contribution in [0, 0.1) is 0 Å². The number of phenolic OH excluding ortho intramolecular Hbond substituents is 4. The molecule has 0 bridgehead atoms. The maximum absolute atomic E-state index is 12.7. The molecule has 138 valence electrons. The molecule has 1 saturated carbocycles. The maximum Gasteiger partial charge on any atom is 0.153 e. The standard InChI is InChI=1S/C20H22O6/c1-3-9-5-11(15(23)7-13(9)21)17-19(25)18(20(17)26)12-6-10(4-2)14(22)8-16(12)24/h5-8,17-19,21-25H,3-4H2,1-2H3. The molecule has 2 aromatic carbocycles. The van der Waals surface area contributed by atoms with Crippen LogP contribution in [0.5, 0.6) is 23.0 Å². The smallest absolute Gasteiger partial charge is 0.153 e. The number of aromatic hydroxyl groups is 4. The van der Waals surface area contributed by atoms with Crippen LogP contribution in [0.25, 0.3) is 0 Å². The average Bonchev–Trinajstić information content (AvgIpc) is 2.59. The molecule has 26 heavy (non-hydrogen) atoms. The molecule has 6 heteroatoms. The summed E-state index contributed by atoms with van der Waals surface area (Å²) < 4.78 is 0. The second-order valence-electron chi connectivity index (χ2n) is 6.63. The van der Waals surface area contributed by atoms with Gasteiger partial charge in [-0.15, -0.1) is 0 Å². The third-order valence-corrected chi connectivity index (χ3v) is 5.18. The fraction of sp³-hybridized carbons (Fsp3) is 0.350. The molecule has 0 amide bonds. The summed E-state index contributed by atoms with van der Waals surface area (Å²) in [4.78, 5) is 12.7. The zero-order valence-corrected chi connectivity index (χ0v) is 14.6. The predicted octanol–water partition coefficient (Wildman–Crippen LogP) is 2.44. The Kier molecular flexibility index (Phi) is 4.54. The second-order valence-corrected chi connectivity index (χ2v) is 6.63. The molecule has 6 nitrogen and oxygen atoms in total. The first-order chi connectivity index (χ1) is 12.3. The number of Topliss-reactive ketones (excluding diaryl/α,β-unsaturated/α-hetero) is 1. The van der Waals surface area contributed by atoms with Gasteiger partial charge in [0.05, 0.1) is 17.9 Å². The predicted molar refractivity (Wildman–Crippen MR) is 94.8 cm³/mol. The Morgan fingerprint density at radius 2 is 1.12 bits per heavy atom. The number of phenols is 4. The van der Waals surface area contributed by atoms with E-state index in [0.717, 1.165) is 0 Å². The largest absolute Gasteiger partial charge is 0.508 e. The minimum absolute atomic E-state index is 0.0599. The molecule has 1 aliphatic carbocycles. The van der Waals surface area contributed by atoms with Crippen molar-refractivity contribution < 1.29 is 30.3 Å². The van der Waals surface area contributed by atoms with Crippen LogP contribution < -0.4 is 0 Å². The molecule has 0 spiro atoms. The molecule has 1 fully saturated rings. The highest BCUT2D eigenvalue weighted by Gasteiger charge is 2.52. The molecule has 2 aromatic rings. The van der Waals surface area contributed by atoms with E-state index in [-0.39, 0.29) is 39.9 Å². The summed E-state index contributed by atoms with van der Waals surface area (Å²) in [6.07, 6.45) is -0.0983. The van der Waals surface area contributed by atoms with Gasteiger partial charge in [-0.1, -0.05) is 13.8 Å². The van der Waals surface area contributed by atoms with Gasteiger partial charge in [-0.05, 0) is 36.1 Å². The number of carbonyl (C=O) groups excluding carboxylic acids is 1. The molecule has 0 radical (unpaired) electrons. The summed E-state index contributed by atoms with van der Waals surface area (Å²) in [6, 6.07) is 5.41. The number of hydrogen-bond acceptors (Lipinski definition) is 6. The van der Waals surface area contributed by atoms with E-state index in [2.05, 4.69) is 0 Å². The van der Waals surface area contributed by atoms with E-state index in [1.807, 2.05) is 13.8 Å². The number of aliphatic hydroxyl groups excluding tert-OH is 1. The molecule has 3 rings (SSSR count). The maximum atomic E-state index is 12.7. The molecular weight excluding hydrogens is 336 g/mol. The van der Waals surface area contributed by atoms with Crippen molar-refractivity contribution in [2.45, 2.75) is 44.6 Å². The van der Waals surface area contributed by atoms with Crippen LogP contribution in [0.1, 0.15) is 47.9 Å². The zero-order chi connectivity index (χ0) is 19.2. The second kappa shape index (κ2) is 6.53. The molecule has 0 aliphatic heterocycles. The van der Waals surface area contributed by atoms with Gasteiger partial charge in [0, 0.05) is 23.3 Å². The van der Waals surface area contributed by atoms with Gasteiger partial charge in [0.1, 0.15) is 23.0 Å². The van der Waals surface area contributed by atoms with Crippen molar-refractivity contribution in [1.82, 2.24) is 0 Å². The first-order valence-corrected chi connectivity index (χ1v) is 8.61. The molecule has 0 aromatic heterocycles. The lowest BCUT2D eigenvalue weighted by atomic mass is 9.64. The van der Waals surface area contributed by atoms with E-state index in [1.165, 1.54) is 24.3 Å². The quantitative estimate of drug-likeness (QED) is 0.573. The Balaban J connectivity index is 1.98. The van der Waals surface area contributed by atoms with Crippen molar-refractivity contribution in [2.75, 3.05) is 0 Å². The van der Waals surface area contributed by atoms with Gasteiger partial charge in [0.15, 0.2) is 5.78 Å². The van der Waals surface area contributed by atoms with Crippen LogP contribution in [0.2, 0.25) is 0 Å². The molecule has 5 N–H and O–H groups in total.